The van der Waals surface area contributed by atoms with Gasteiger partial charge in [0.1, 0.15) is 5.78 Å². The van der Waals surface area contributed by atoms with Crippen molar-refractivity contribution in [3.63, 3.8) is 0 Å². The number of ether oxygens (including phenoxy) is 1. The van der Waals surface area contributed by atoms with Gasteiger partial charge < -0.3 is 4.74 Å². The minimum absolute atomic E-state index is 0.0497. The third kappa shape index (κ3) is 1.55. The second kappa shape index (κ2) is 4.11. The molecule has 0 radical (unpaired) electrons. The van der Waals surface area contributed by atoms with Gasteiger partial charge in [0, 0.05) is 24.7 Å². The topological polar surface area (TPSA) is 77.5 Å². The molecule has 0 aromatic heterocycles. The van der Waals surface area contributed by atoms with Gasteiger partial charge in [0.25, 0.3) is 0 Å². The van der Waals surface area contributed by atoms with Crippen LogP contribution in [0.3, 0.4) is 0 Å². The van der Waals surface area contributed by atoms with Gasteiger partial charge in [0.05, 0.1) is 5.92 Å². The van der Waals surface area contributed by atoms with Gasteiger partial charge in [-0.1, -0.05) is 6.08 Å². The van der Waals surface area contributed by atoms with Crippen molar-refractivity contribution in [1.29, 1.82) is 0 Å². The van der Waals surface area contributed by atoms with Gasteiger partial charge in [-0.2, -0.15) is 0 Å². The van der Waals surface area contributed by atoms with Crippen LogP contribution in [0.15, 0.2) is 11.6 Å². The van der Waals surface area contributed by atoms with Crippen molar-refractivity contribution in [3.8, 4) is 0 Å². The Morgan fingerprint density at radius 2 is 2.00 bits per heavy atom. The Labute approximate surface area is 116 Å². The first-order chi connectivity index (χ1) is 9.36. The SMILES string of the molecule is CC(=O)C1=C[C@H]2C(=O)[C@@]3(CCC(=O)O3)[C@@H]1C[C@H]2C(C)=O. The van der Waals surface area contributed by atoms with Gasteiger partial charge in [-0.25, -0.2) is 0 Å². The first-order valence-electron chi connectivity index (χ1n) is 6.86. The highest BCUT2D eigenvalue weighted by Crippen LogP contribution is 2.53. The van der Waals surface area contributed by atoms with E-state index in [-0.39, 0.29) is 29.7 Å². The Kier molecular flexibility index (Phi) is 2.71. The zero-order chi connectivity index (χ0) is 14.7. The number of Topliss-reactive ketones (excluding diaryl/α,β-unsaturated/α-hetero) is 3. The number of hydrogen-bond donors (Lipinski definition) is 0. The summed E-state index contributed by atoms with van der Waals surface area (Å²) in [5.74, 6) is -2.23. The summed E-state index contributed by atoms with van der Waals surface area (Å²) in [7, 11) is 0. The fourth-order valence-corrected chi connectivity index (χ4v) is 3.90. The zero-order valence-corrected chi connectivity index (χ0v) is 11.5. The van der Waals surface area contributed by atoms with Crippen molar-refractivity contribution in [2.24, 2.45) is 17.8 Å². The van der Waals surface area contributed by atoms with E-state index in [4.69, 9.17) is 4.74 Å². The van der Waals surface area contributed by atoms with Crippen LogP contribution in [0.25, 0.3) is 0 Å². The molecule has 1 saturated heterocycles. The van der Waals surface area contributed by atoms with E-state index in [1.807, 2.05) is 0 Å². The number of hydrogen-bond acceptors (Lipinski definition) is 5. The molecule has 1 heterocycles. The summed E-state index contributed by atoms with van der Waals surface area (Å²) in [6.45, 7) is 2.91. The first-order valence-corrected chi connectivity index (χ1v) is 6.86. The smallest absolute Gasteiger partial charge is 0.306 e. The van der Waals surface area contributed by atoms with Crippen LogP contribution in [0, 0.1) is 17.8 Å². The summed E-state index contributed by atoms with van der Waals surface area (Å²) >= 11 is 0. The van der Waals surface area contributed by atoms with Crippen LogP contribution >= 0.6 is 0 Å². The van der Waals surface area contributed by atoms with Crippen molar-refractivity contribution in [3.05, 3.63) is 11.6 Å². The van der Waals surface area contributed by atoms with Crippen LogP contribution in [0.5, 0.6) is 0 Å². The average molecular weight is 276 g/mol. The van der Waals surface area contributed by atoms with E-state index in [2.05, 4.69) is 0 Å². The van der Waals surface area contributed by atoms with Crippen LogP contribution in [0.1, 0.15) is 33.1 Å². The molecule has 0 unspecified atom stereocenters. The van der Waals surface area contributed by atoms with Gasteiger partial charge in [0.2, 0.25) is 0 Å². The van der Waals surface area contributed by atoms with Crippen LogP contribution in [0.4, 0.5) is 0 Å². The normalized spacial score (nSPS) is 38.9. The Hall–Kier alpha value is -1.78. The van der Waals surface area contributed by atoms with Crippen LogP contribution < -0.4 is 0 Å². The summed E-state index contributed by atoms with van der Waals surface area (Å²) < 4.78 is 5.35. The monoisotopic (exact) mass is 276 g/mol. The molecule has 4 aliphatic rings. The highest BCUT2D eigenvalue weighted by molar-refractivity contribution is 6.06. The van der Waals surface area contributed by atoms with E-state index in [0.29, 0.717) is 18.4 Å². The summed E-state index contributed by atoms with van der Waals surface area (Å²) in [4.78, 5) is 47.6. The third-order valence-electron chi connectivity index (χ3n) is 4.87. The number of ketones is 3. The van der Waals surface area contributed by atoms with Crippen molar-refractivity contribution in [2.45, 2.75) is 38.7 Å². The molecule has 0 amide bonds. The molecule has 0 aromatic carbocycles. The maximum atomic E-state index is 12.7. The number of rotatable bonds is 2. The Morgan fingerprint density at radius 1 is 1.30 bits per heavy atom. The first kappa shape index (κ1) is 13.2. The minimum Gasteiger partial charge on any atom is -0.450 e. The maximum absolute atomic E-state index is 12.7. The van der Waals surface area contributed by atoms with Crippen LogP contribution in [0.2, 0.25) is 0 Å². The van der Waals surface area contributed by atoms with Crippen molar-refractivity contribution in [1.82, 2.24) is 0 Å². The lowest BCUT2D eigenvalue weighted by Crippen LogP contribution is -2.59. The number of carbonyl (C=O) groups excluding carboxylic acids is 4. The van der Waals surface area contributed by atoms with E-state index in [1.54, 1.807) is 6.08 Å². The summed E-state index contributed by atoms with van der Waals surface area (Å²) in [5.41, 5.74) is -0.648. The molecular formula is C15H16O5. The zero-order valence-electron chi connectivity index (χ0n) is 11.5. The van der Waals surface area contributed by atoms with Crippen LogP contribution in [-0.2, 0) is 23.9 Å². The predicted octanol–water partition coefficient (Wildman–Crippen LogP) is 1.00. The lowest BCUT2D eigenvalue weighted by Gasteiger charge is -2.48. The molecule has 1 spiro atoms. The van der Waals surface area contributed by atoms with Gasteiger partial charge >= 0.3 is 5.97 Å². The molecule has 0 aromatic rings. The van der Waals surface area contributed by atoms with Crippen molar-refractivity contribution < 1.29 is 23.9 Å². The molecule has 0 N–H and O–H groups in total. The quantitative estimate of drug-likeness (QED) is 0.703. The summed E-state index contributed by atoms with van der Waals surface area (Å²) in [5, 5.41) is 0. The summed E-state index contributed by atoms with van der Waals surface area (Å²) in [6.07, 6.45) is 2.57. The number of esters is 1. The summed E-state index contributed by atoms with van der Waals surface area (Å²) in [6, 6.07) is 0. The van der Waals surface area contributed by atoms with Crippen molar-refractivity contribution in [2.75, 3.05) is 0 Å². The molecule has 3 aliphatic carbocycles. The van der Waals surface area contributed by atoms with Gasteiger partial charge in [0.15, 0.2) is 17.2 Å². The molecular weight excluding hydrogens is 260 g/mol. The average Bonchev–Trinajstić information content (AvgIpc) is 2.77. The number of fused-ring (bicyclic) bond motifs is 1. The molecule has 106 valence electrons. The molecule has 5 nitrogen and oxygen atoms in total. The highest BCUT2D eigenvalue weighted by atomic mass is 16.6. The second-order valence-corrected chi connectivity index (χ2v) is 5.94. The largest absolute Gasteiger partial charge is 0.450 e. The molecule has 4 atom stereocenters. The molecule has 4 rings (SSSR count). The fourth-order valence-electron chi connectivity index (χ4n) is 3.90. The van der Waals surface area contributed by atoms with E-state index in [9.17, 15) is 19.2 Å². The van der Waals surface area contributed by atoms with Crippen LogP contribution in [-0.4, -0.2) is 28.9 Å². The Bertz CT molecular complexity index is 573. The van der Waals surface area contributed by atoms with E-state index < -0.39 is 23.4 Å². The Balaban J connectivity index is 2.10. The second-order valence-electron chi connectivity index (χ2n) is 5.94. The maximum Gasteiger partial charge on any atom is 0.306 e. The van der Waals surface area contributed by atoms with E-state index in [0.717, 1.165) is 0 Å². The molecule has 2 fully saturated rings. The van der Waals surface area contributed by atoms with Gasteiger partial charge in [-0.05, 0) is 25.8 Å². The highest BCUT2D eigenvalue weighted by Gasteiger charge is 2.63. The van der Waals surface area contributed by atoms with Gasteiger partial charge in [-0.15, -0.1) is 0 Å². The lowest BCUT2D eigenvalue weighted by atomic mass is 9.55. The number of allylic oxidation sites excluding steroid dienone is 1. The Morgan fingerprint density at radius 3 is 2.50 bits per heavy atom. The van der Waals surface area contributed by atoms with Gasteiger partial charge in [-0.3, -0.25) is 19.2 Å². The van der Waals surface area contributed by atoms with E-state index in [1.165, 1.54) is 13.8 Å². The van der Waals surface area contributed by atoms with Crippen molar-refractivity contribution >= 4 is 23.3 Å². The fraction of sp³-hybridized carbons (Fsp3) is 0.600. The number of carbonyl (C=O) groups is 4. The molecule has 5 heteroatoms. The predicted molar refractivity (Wildman–Crippen MR) is 67.6 cm³/mol. The standard InChI is InChI=1S/C15H16O5/c1-7(16)9-6-12-10(8(2)17)5-11(9)14(19)15(12)4-3-13(18)20-15/h5,9,11-12H,3-4,6H2,1-2H3/t9-,11+,12+,15+/m0/s1. The lowest BCUT2D eigenvalue weighted by molar-refractivity contribution is -0.171. The molecule has 1 saturated carbocycles. The molecule has 2 bridgehead atoms. The third-order valence-corrected chi connectivity index (χ3v) is 4.87. The van der Waals surface area contributed by atoms with E-state index >= 15 is 0 Å². The minimum atomic E-state index is -1.19. The molecule has 1 aliphatic heterocycles. The molecule has 20 heavy (non-hydrogen) atoms.